The molecule has 1 atom stereocenters. The van der Waals surface area contributed by atoms with E-state index in [1.165, 1.54) is 0 Å². The molecule has 1 rings (SSSR count). The zero-order valence-electron chi connectivity index (χ0n) is 5.86. The van der Waals surface area contributed by atoms with Crippen LogP contribution < -0.4 is 0 Å². The molecule has 2 nitrogen and oxygen atoms in total. The minimum absolute atomic E-state index is 0.382. The maximum atomic E-state index is 5.35. The SMILES string of the molecule is Br[Si](Br)(Br)CCOCC1CO1. The van der Waals surface area contributed by atoms with Crippen LogP contribution in [0.2, 0.25) is 6.04 Å². The summed E-state index contributed by atoms with van der Waals surface area (Å²) in [7, 11) is 0. The molecule has 0 amide bonds. The molecule has 1 unspecified atom stereocenters. The van der Waals surface area contributed by atoms with Crippen molar-refractivity contribution in [2.45, 2.75) is 12.1 Å². The van der Waals surface area contributed by atoms with Crippen molar-refractivity contribution < 1.29 is 9.47 Å². The average Bonchev–Trinajstić information content (AvgIpc) is 2.60. The van der Waals surface area contributed by atoms with Crippen LogP contribution in [0.3, 0.4) is 0 Å². The first-order valence-corrected chi connectivity index (χ1v) is 12.3. The average molecular weight is 369 g/mol. The van der Waals surface area contributed by atoms with Crippen LogP contribution in [0, 0.1) is 0 Å². The Hall–Kier alpha value is 1.58. The van der Waals surface area contributed by atoms with Gasteiger partial charge in [0.05, 0.1) is 13.2 Å². The highest BCUT2D eigenvalue weighted by Crippen LogP contribution is 2.31. The topological polar surface area (TPSA) is 21.8 Å². The molecule has 1 saturated heterocycles. The summed E-state index contributed by atoms with van der Waals surface area (Å²) < 4.78 is 8.91. The third-order valence-electron chi connectivity index (χ3n) is 1.24. The molecular weight excluding hydrogens is 360 g/mol. The van der Waals surface area contributed by atoms with Crippen molar-refractivity contribution in [3.63, 3.8) is 0 Å². The van der Waals surface area contributed by atoms with E-state index < -0.39 is 3.93 Å². The number of hydrogen-bond acceptors (Lipinski definition) is 2. The molecule has 0 saturated carbocycles. The van der Waals surface area contributed by atoms with Crippen molar-refractivity contribution in [1.29, 1.82) is 0 Å². The van der Waals surface area contributed by atoms with Gasteiger partial charge in [0.1, 0.15) is 6.10 Å². The fraction of sp³-hybridized carbons (Fsp3) is 1.00. The first kappa shape index (κ1) is 10.7. The van der Waals surface area contributed by atoms with Crippen LogP contribution in [-0.4, -0.2) is 29.9 Å². The van der Waals surface area contributed by atoms with Gasteiger partial charge in [0.25, 0.3) is 3.93 Å². The molecule has 6 heteroatoms. The molecule has 11 heavy (non-hydrogen) atoms. The molecule has 1 aliphatic heterocycles. The van der Waals surface area contributed by atoms with Crippen molar-refractivity contribution in [2.75, 3.05) is 19.8 Å². The minimum Gasteiger partial charge on any atom is -0.379 e. The summed E-state index contributed by atoms with van der Waals surface area (Å²) in [6.07, 6.45) is 0.382. The summed E-state index contributed by atoms with van der Waals surface area (Å²) in [5.74, 6) is 0. The van der Waals surface area contributed by atoms with Gasteiger partial charge >= 0.3 is 0 Å². The van der Waals surface area contributed by atoms with Crippen LogP contribution in [0.4, 0.5) is 0 Å². The second-order valence-electron chi connectivity index (χ2n) is 2.40. The normalized spacial score (nSPS) is 23.7. The van der Waals surface area contributed by atoms with Gasteiger partial charge in [0.15, 0.2) is 0 Å². The summed E-state index contributed by atoms with van der Waals surface area (Å²) in [5, 5.41) is 0. The maximum absolute atomic E-state index is 5.35. The van der Waals surface area contributed by atoms with E-state index in [-0.39, 0.29) is 0 Å². The van der Waals surface area contributed by atoms with Crippen LogP contribution in [0.25, 0.3) is 0 Å². The molecule has 0 bridgehead atoms. The lowest BCUT2D eigenvalue weighted by Gasteiger charge is -2.08. The van der Waals surface area contributed by atoms with Gasteiger partial charge in [-0.15, -0.1) is 0 Å². The minimum atomic E-state index is -1.44. The van der Waals surface area contributed by atoms with E-state index >= 15 is 0 Å². The molecule has 0 radical (unpaired) electrons. The molecule has 66 valence electrons. The first-order valence-electron chi connectivity index (χ1n) is 3.34. The maximum Gasteiger partial charge on any atom is 0.269 e. The van der Waals surface area contributed by atoms with E-state index in [2.05, 4.69) is 45.9 Å². The third-order valence-corrected chi connectivity index (χ3v) is 5.58. The second kappa shape index (κ2) is 4.71. The number of ether oxygens (including phenoxy) is 2. The number of epoxide rings is 1. The van der Waals surface area contributed by atoms with Crippen molar-refractivity contribution in [1.82, 2.24) is 0 Å². The molecular formula is C5H9Br3O2Si. The van der Waals surface area contributed by atoms with E-state index in [1.54, 1.807) is 0 Å². The Kier molecular flexibility index (Phi) is 4.57. The standard InChI is InChI=1S/C5H9Br3O2Si/c6-11(7,8)2-1-9-3-5-4-10-5/h5H,1-4H2. The van der Waals surface area contributed by atoms with Crippen molar-refractivity contribution in [3.05, 3.63) is 0 Å². The zero-order valence-corrected chi connectivity index (χ0v) is 11.6. The Morgan fingerprint density at radius 2 is 2.09 bits per heavy atom. The van der Waals surface area contributed by atoms with Crippen LogP contribution in [0.1, 0.15) is 0 Å². The van der Waals surface area contributed by atoms with Crippen LogP contribution in [0.5, 0.6) is 0 Å². The van der Waals surface area contributed by atoms with Gasteiger partial charge in [0.2, 0.25) is 0 Å². The Labute approximate surface area is 90.8 Å². The van der Waals surface area contributed by atoms with Gasteiger partial charge in [-0.2, -0.15) is 0 Å². The van der Waals surface area contributed by atoms with Gasteiger partial charge < -0.3 is 9.47 Å². The predicted molar refractivity (Wildman–Crippen MR) is 57.9 cm³/mol. The van der Waals surface area contributed by atoms with Gasteiger partial charge in [-0.05, 0) is 6.04 Å². The summed E-state index contributed by atoms with van der Waals surface area (Å²) in [6, 6.07) is 1.01. The van der Waals surface area contributed by atoms with E-state index in [1.807, 2.05) is 0 Å². The van der Waals surface area contributed by atoms with E-state index in [4.69, 9.17) is 9.47 Å². The number of rotatable bonds is 5. The molecule has 1 aliphatic rings. The Morgan fingerprint density at radius 1 is 1.45 bits per heavy atom. The lowest BCUT2D eigenvalue weighted by atomic mass is 10.5. The molecule has 0 spiro atoms. The van der Waals surface area contributed by atoms with Crippen molar-refractivity contribution >= 4 is 49.8 Å². The summed E-state index contributed by atoms with van der Waals surface area (Å²) >= 11 is 10.6. The summed E-state index contributed by atoms with van der Waals surface area (Å²) in [5.41, 5.74) is 0. The van der Waals surface area contributed by atoms with Crippen molar-refractivity contribution in [3.8, 4) is 0 Å². The Balaban J connectivity index is 1.87. The molecule has 0 aliphatic carbocycles. The van der Waals surface area contributed by atoms with E-state index in [0.717, 1.165) is 25.9 Å². The van der Waals surface area contributed by atoms with Crippen LogP contribution in [0.15, 0.2) is 0 Å². The van der Waals surface area contributed by atoms with Crippen molar-refractivity contribution in [2.24, 2.45) is 0 Å². The summed E-state index contributed by atoms with van der Waals surface area (Å²) in [6.45, 7) is 2.41. The van der Waals surface area contributed by atoms with Gasteiger partial charge in [-0.25, -0.2) is 0 Å². The number of hydrogen-bond donors (Lipinski definition) is 0. The Bertz CT molecular complexity index is 123. The zero-order chi connectivity index (χ0) is 8.32. The number of halogens is 3. The van der Waals surface area contributed by atoms with Crippen LogP contribution >= 0.6 is 45.9 Å². The molecule has 0 N–H and O–H groups in total. The monoisotopic (exact) mass is 366 g/mol. The second-order valence-corrected chi connectivity index (χ2v) is 25.9. The largest absolute Gasteiger partial charge is 0.379 e. The van der Waals surface area contributed by atoms with Gasteiger partial charge in [0, 0.05) is 6.61 Å². The lowest BCUT2D eigenvalue weighted by Crippen LogP contribution is -2.12. The highest BCUT2D eigenvalue weighted by molar-refractivity contribution is 9.72. The third kappa shape index (κ3) is 6.71. The van der Waals surface area contributed by atoms with Crippen LogP contribution in [-0.2, 0) is 9.47 Å². The molecule has 0 aromatic heterocycles. The van der Waals surface area contributed by atoms with Gasteiger partial charge in [-0.1, -0.05) is 45.9 Å². The smallest absolute Gasteiger partial charge is 0.269 e. The highest BCUT2D eigenvalue weighted by atomic mass is 80.0. The molecule has 1 fully saturated rings. The molecule has 1 heterocycles. The lowest BCUT2D eigenvalue weighted by molar-refractivity contribution is 0.128. The predicted octanol–water partition coefficient (Wildman–Crippen LogP) is 2.53. The van der Waals surface area contributed by atoms with Gasteiger partial charge in [-0.3, -0.25) is 0 Å². The summed E-state index contributed by atoms with van der Waals surface area (Å²) in [4.78, 5) is 0. The van der Waals surface area contributed by atoms with E-state index in [9.17, 15) is 0 Å². The molecule has 0 aromatic rings. The fourth-order valence-electron chi connectivity index (χ4n) is 0.567. The fourth-order valence-corrected chi connectivity index (χ4v) is 2.40. The quantitative estimate of drug-likeness (QED) is 0.322. The first-order chi connectivity index (χ1) is 5.08. The highest BCUT2D eigenvalue weighted by Gasteiger charge is 2.24. The van der Waals surface area contributed by atoms with E-state index in [0.29, 0.717) is 6.10 Å². The molecule has 0 aromatic carbocycles. The Morgan fingerprint density at radius 3 is 2.55 bits per heavy atom.